The fourth-order valence-corrected chi connectivity index (χ4v) is 1.57. The van der Waals surface area contributed by atoms with E-state index in [0.29, 0.717) is 5.56 Å². The number of hydrogen-bond donors (Lipinski definition) is 0. The second-order valence-corrected chi connectivity index (χ2v) is 3.78. The van der Waals surface area contributed by atoms with E-state index in [0.717, 1.165) is 23.3 Å². The number of hydrogen-bond acceptors (Lipinski definition) is 0. The van der Waals surface area contributed by atoms with Crippen LogP contribution in [-0.2, 0) is 6.18 Å². The second kappa shape index (κ2) is 4.24. The molecule has 0 bridgehead atoms. The molecule has 0 fully saturated rings. The third kappa shape index (κ3) is 2.67. The first-order valence-corrected chi connectivity index (χ1v) is 5.06. The monoisotopic (exact) mass is 235 g/mol. The van der Waals surface area contributed by atoms with E-state index in [9.17, 15) is 13.2 Å². The maximum Gasteiger partial charge on any atom is 0.416 e. The predicted octanol–water partition coefficient (Wildman–Crippen LogP) is 4.55. The highest BCUT2D eigenvalue weighted by atomic mass is 19.4. The van der Waals surface area contributed by atoms with E-state index in [1.165, 1.54) is 6.07 Å². The zero-order chi connectivity index (χ0) is 12.5. The van der Waals surface area contributed by atoms with Crippen molar-refractivity contribution in [3.05, 3.63) is 66.6 Å². The van der Waals surface area contributed by atoms with Gasteiger partial charge in [-0.25, -0.2) is 0 Å². The first kappa shape index (κ1) is 11.7. The lowest BCUT2D eigenvalue weighted by atomic mass is 10.0. The normalized spacial score (nSPS) is 11.5. The summed E-state index contributed by atoms with van der Waals surface area (Å²) >= 11 is 0. The van der Waals surface area contributed by atoms with Gasteiger partial charge in [-0.2, -0.15) is 13.2 Å². The Bertz CT molecular complexity index is 510. The minimum Gasteiger partial charge on any atom is -0.166 e. The molecular weight excluding hydrogens is 225 g/mol. The predicted molar refractivity (Wildman–Crippen MR) is 61.3 cm³/mol. The third-order valence-electron chi connectivity index (χ3n) is 2.48. The second-order valence-electron chi connectivity index (χ2n) is 3.78. The van der Waals surface area contributed by atoms with Crippen molar-refractivity contribution in [2.24, 2.45) is 0 Å². The zero-order valence-corrected chi connectivity index (χ0v) is 8.96. The molecule has 1 radical (unpaired) electrons. The van der Waals surface area contributed by atoms with Crippen LogP contribution < -0.4 is 0 Å². The maximum absolute atomic E-state index is 12.5. The smallest absolute Gasteiger partial charge is 0.166 e. The molecule has 2 aromatic carbocycles. The van der Waals surface area contributed by atoms with E-state index in [1.54, 1.807) is 30.3 Å². The number of rotatable bonds is 1. The van der Waals surface area contributed by atoms with Gasteiger partial charge in [0.25, 0.3) is 0 Å². The van der Waals surface area contributed by atoms with Crippen molar-refractivity contribution in [3.63, 3.8) is 0 Å². The van der Waals surface area contributed by atoms with Crippen LogP contribution in [0.2, 0.25) is 0 Å². The lowest BCUT2D eigenvalue weighted by molar-refractivity contribution is -0.137. The van der Waals surface area contributed by atoms with Crippen LogP contribution >= 0.6 is 0 Å². The summed E-state index contributed by atoms with van der Waals surface area (Å²) in [4.78, 5) is 0. The maximum atomic E-state index is 12.5. The van der Waals surface area contributed by atoms with Gasteiger partial charge in [0.15, 0.2) is 0 Å². The minimum atomic E-state index is -4.30. The summed E-state index contributed by atoms with van der Waals surface area (Å²) in [6.07, 6.45) is -4.30. The summed E-state index contributed by atoms with van der Waals surface area (Å²) in [6, 6.07) is 12.4. The van der Waals surface area contributed by atoms with Crippen LogP contribution in [0.25, 0.3) is 11.1 Å². The molecule has 0 aliphatic heterocycles. The standard InChI is InChI=1S/C14H10F3/c1-10-5-7-11(8-6-10)12-3-2-4-13(9-12)14(15,16)17/h2-9H,1H2. The fraction of sp³-hybridized carbons (Fsp3) is 0.0714. The molecule has 87 valence electrons. The Kier molecular flexibility index (Phi) is 2.92. The van der Waals surface area contributed by atoms with Crippen LogP contribution in [0, 0.1) is 6.92 Å². The third-order valence-corrected chi connectivity index (χ3v) is 2.48. The van der Waals surface area contributed by atoms with Crippen molar-refractivity contribution < 1.29 is 13.2 Å². The van der Waals surface area contributed by atoms with Gasteiger partial charge >= 0.3 is 6.18 Å². The number of alkyl halides is 3. The van der Waals surface area contributed by atoms with Crippen LogP contribution in [0.4, 0.5) is 13.2 Å². The average Bonchev–Trinajstić information content (AvgIpc) is 2.29. The summed E-state index contributed by atoms with van der Waals surface area (Å²) in [5.41, 5.74) is 1.51. The molecule has 2 aromatic rings. The Morgan fingerprint density at radius 2 is 1.47 bits per heavy atom. The molecule has 0 aliphatic carbocycles. The first-order valence-electron chi connectivity index (χ1n) is 5.06. The van der Waals surface area contributed by atoms with Gasteiger partial charge in [0, 0.05) is 0 Å². The molecule has 17 heavy (non-hydrogen) atoms. The van der Waals surface area contributed by atoms with Crippen molar-refractivity contribution in [2.45, 2.75) is 6.18 Å². The molecule has 3 heteroatoms. The minimum absolute atomic E-state index is 0.555. The first-order chi connectivity index (χ1) is 7.97. The van der Waals surface area contributed by atoms with Crippen molar-refractivity contribution in [2.75, 3.05) is 0 Å². The Morgan fingerprint density at radius 1 is 0.824 bits per heavy atom. The fourth-order valence-electron chi connectivity index (χ4n) is 1.57. The largest absolute Gasteiger partial charge is 0.416 e. The molecule has 0 N–H and O–H groups in total. The molecule has 0 saturated carbocycles. The van der Waals surface area contributed by atoms with Crippen LogP contribution in [0.1, 0.15) is 11.1 Å². The van der Waals surface area contributed by atoms with Gasteiger partial charge in [-0.3, -0.25) is 0 Å². The number of benzene rings is 2. The highest BCUT2D eigenvalue weighted by Gasteiger charge is 2.30. The van der Waals surface area contributed by atoms with E-state index >= 15 is 0 Å². The van der Waals surface area contributed by atoms with E-state index in [2.05, 4.69) is 6.92 Å². The summed E-state index contributed by atoms with van der Waals surface area (Å²) in [5, 5.41) is 0. The Morgan fingerprint density at radius 3 is 2.06 bits per heavy atom. The van der Waals surface area contributed by atoms with Gasteiger partial charge < -0.3 is 0 Å². The topological polar surface area (TPSA) is 0 Å². The van der Waals surface area contributed by atoms with Crippen LogP contribution in [0.5, 0.6) is 0 Å². The van der Waals surface area contributed by atoms with Gasteiger partial charge in [-0.05, 0) is 35.7 Å². The van der Waals surface area contributed by atoms with Crippen molar-refractivity contribution >= 4 is 0 Å². The van der Waals surface area contributed by atoms with E-state index in [4.69, 9.17) is 0 Å². The van der Waals surface area contributed by atoms with Crippen molar-refractivity contribution in [3.8, 4) is 11.1 Å². The van der Waals surface area contributed by atoms with Gasteiger partial charge in [0.1, 0.15) is 0 Å². The van der Waals surface area contributed by atoms with E-state index < -0.39 is 11.7 Å². The summed E-state index contributed by atoms with van der Waals surface area (Å²) < 4.78 is 37.6. The van der Waals surface area contributed by atoms with Crippen molar-refractivity contribution in [1.29, 1.82) is 0 Å². The summed E-state index contributed by atoms with van der Waals surface area (Å²) in [6.45, 7) is 3.73. The SMILES string of the molecule is [CH2]c1ccc(-c2cccc(C(F)(F)F)c2)cc1. The average molecular weight is 235 g/mol. The lowest BCUT2D eigenvalue weighted by Crippen LogP contribution is -2.04. The zero-order valence-electron chi connectivity index (χ0n) is 8.96. The van der Waals surface area contributed by atoms with Gasteiger partial charge in [-0.1, -0.05) is 36.4 Å². The summed E-state index contributed by atoms with van der Waals surface area (Å²) in [5.74, 6) is 0. The van der Waals surface area contributed by atoms with Crippen LogP contribution in [0.15, 0.2) is 48.5 Å². The quantitative estimate of drug-likeness (QED) is 0.680. The van der Waals surface area contributed by atoms with E-state index in [1.807, 2.05) is 0 Å². The van der Waals surface area contributed by atoms with Gasteiger partial charge in [0.2, 0.25) is 0 Å². The molecule has 0 amide bonds. The molecule has 0 atom stereocenters. The Balaban J connectivity index is 2.43. The molecule has 0 aromatic heterocycles. The Labute approximate surface area is 97.7 Å². The molecule has 0 spiro atoms. The van der Waals surface area contributed by atoms with Gasteiger partial charge in [-0.15, -0.1) is 0 Å². The molecular formula is C14H10F3. The molecule has 2 rings (SSSR count). The highest BCUT2D eigenvalue weighted by Crippen LogP contribution is 2.32. The molecule has 0 unspecified atom stereocenters. The summed E-state index contributed by atoms with van der Waals surface area (Å²) in [7, 11) is 0. The molecule has 0 heterocycles. The van der Waals surface area contributed by atoms with Crippen LogP contribution in [-0.4, -0.2) is 0 Å². The molecule has 0 aliphatic rings. The van der Waals surface area contributed by atoms with Gasteiger partial charge in [0.05, 0.1) is 5.56 Å². The van der Waals surface area contributed by atoms with E-state index in [-0.39, 0.29) is 0 Å². The highest BCUT2D eigenvalue weighted by molar-refractivity contribution is 5.64. The van der Waals surface area contributed by atoms with Crippen LogP contribution in [0.3, 0.4) is 0 Å². The molecule has 0 nitrogen and oxygen atoms in total. The molecule has 0 saturated heterocycles. The lowest BCUT2D eigenvalue weighted by Gasteiger charge is -2.09. The van der Waals surface area contributed by atoms with Crippen molar-refractivity contribution in [1.82, 2.24) is 0 Å². The number of halogens is 3. The Hall–Kier alpha value is -1.77.